The molecule has 0 radical (unpaired) electrons. The Bertz CT molecular complexity index is 919. The van der Waals surface area contributed by atoms with Crippen LogP contribution in [0.25, 0.3) is 0 Å². The zero-order chi connectivity index (χ0) is 19.0. The lowest BCUT2D eigenvalue weighted by Gasteiger charge is -2.32. The highest BCUT2D eigenvalue weighted by Gasteiger charge is 2.22. The van der Waals surface area contributed by atoms with Gasteiger partial charge in [0, 0.05) is 60.6 Å². The number of benzene rings is 1. The van der Waals surface area contributed by atoms with Crippen molar-refractivity contribution in [3.8, 4) is 0 Å². The van der Waals surface area contributed by atoms with Crippen molar-refractivity contribution in [2.75, 3.05) is 38.5 Å². The van der Waals surface area contributed by atoms with Gasteiger partial charge < -0.3 is 15.1 Å². The molecule has 0 unspecified atom stereocenters. The first-order chi connectivity index (χ1) is 13.0. The quantitative estimate of drug-likeness (QED) is 0.863. The molecule has 1 aromatic carbocycles. The van der Waals surface area contributed by atoms with Crippen molar-refractivity contribution in [2.24, 2.45) is 4.99 Å². The second-order valence-corrected chi connectivity index (χ2v) is 7.55. The number of carbonyl (C=O) groups excluding carboxylic acids is 1. The molecular formula is C20H22ClN5O. The number of rotatable bonds is 2. The maximum Gasteiger partial charge on any atom is 0.321 e. The fourth-order valence-electron chi connectivity index (χ4n) is 3.39. The number of halogens is 1. The Hall–Kier alpha value is -2.44. The number of fused-ring (bicyclic) bond motifs is 1. The van der Waals surface area contributed by atoms with Crippen LogP contribution >= 0.6 is 11.6 Å². The van der Waals surface area contributed by atoms with Crippen molar-refractivity contribution in [2.45, 2.75) is 13.3 Å². The van der Waals surface area contributed by atoms with Gasteiger partial charge in [-0.1, -0.05) is 17.7 Å². The standard InChI is InChI=1S/C20H22ClN5O/c1-13-9-14-10-18(24-19(14)22-12-13)16-11-15(3-4-17(16)21)23-20(27)26-7-5-25(2)6-8-26/h3-4,9,11-12H,5-8,10H2,1-2H3,(H,23,27). The molecule has 6 nitrogen and oxygen atoms in total. The summed E-state index contributed by atoms with van der Waals surface area (Å²) in [4.78, 5) is 25.6. The maximum atomic E-state index is 12.5. The van der Waals surface area contributed by atoms with Gasteiger partial charge in [-0.05, 0) is 37.7 Å². The zero-order valence-electron chi connectivity index (χ0n) is 15.5. The van der Waals surface area contributed by atoms with Crippen LogP contribution in [-0.4, -0.2) is 59.8 Å². The Morgan fingerprint density at radius 1 is 1.19 bits per heavy atom. The molecule has 0 aliphatic carbocycles. The number of hydrogen-bond donors (Lipinski definition) is 1. The minimum absolute atomic E-state index is 0.0784. The van der Waals surface area contributed by atoms with Gasteiger partial charge in [0.05, 0.1) is 5.71 Å². The Kier molecular flexibility index (Phi) is 4.85. The fraction of sp³-hybridized carbons (Fsp3) is 0.350. The molecule has 4 rings (SSSR count). The zero-order valence-corrected chi connectivity index (χ0v) is 16.3. The average molecular weight is 384 g/mol. The number of aliphatic imine (C=N–C) groups is 1. The predicted molar refractivity (Wildman–Crippen MR) is 108 cm³/mol. The number of carbonyl (C=O) groups is 1. The third kappa shape index (κ3) is 3.82. The lowest BCUT2D eigenvalue weighted by molar-refractivity contribution is 0.164. The molecule has 27 heavy (non-hydrogen) atoms. The molecule has 0 atom stereocenters. The van der Waals surface area contributed by atoms with E-state index in [9.17, 15) is 4.79 Å². The van der Waals surface area contributed by atoms with Gasteiger partial charge in [0.1, 0.15) is 0 Å². The highest BCUT2D eigenvalue weighted by molar-refractivity contribution is 6.34. The van der Waals surface area contributed by atoms with E-state index in [2.05, 4.69) is 33.3 Å². The molecule has 0 spiro atoms. The topological polar surface area (TPSA) is 60.8 Å². The first kappa shape index (κ1) is 17.9. The molecule has 1 aromatic heterocycles. The summed E-state index contributed by atoms with van der Waals surface area (Å²) in [6.45, 7) is 5.26. The minimum Gasteiger partial charge on any atom is -0.322 e. The summed E-state index contributed by atoms with van der Waals surface area (Å²) >= 11 is 6.42. The third-order valence-corrected chi connectivity index (χ3v) is 5.33. The molecule has 1 saturated heterocycles. The van der Waals surface area contributed by atoms with E-state index in [0.717, 1.165) is 60.1 Å². The van der Waals surface area contributed by atoms with Crippen molar-refractivity contribution in [3.05, 3.63) is 52.2 Å². The van der Waals surface area contributed by atoms with Crippen molar-refractivity contribution in [1.82, 2.24) is 14.8 Å². The maximum absolute atomic E-state index is 12.5. The normalized spacial score (nSPS) is 16.9. The van der Waals surface area contributed by atoms with Crippen LogP contribution in [0.2, 0.25) is 5.02 Å². The van der Waals surface area contributed by atoms with Gasteiger partial charge in [-0.3, -0.25) is 0 Å². The van der Waals surface area contributed by atoms with Gasteiger partial charge in [0.25, 0.3) is 0 Å². The number of likely N-dealkylation sites (N-methyl/N-ethyl adjacent to an activating group) is 1. The van der Waals surface area contributed by atoms with Crippen LogP contribution in [0, 0.1) is 6.92 Å². The van der Waals surface area contributed by atoms with Crippen LogP contribution in [-0.2, 0) is 6.42 Å². The third-order valence-electron chi connectivity index (χ3n) is 5.00. The molecule has 2 aromatic rings. The number of aromatic nitrogens is 1. The molecule has 0 saturated carbocycles. The second kappa shape index (κ2) is 7.29. The molecule has 7 heteroatoms. The molecule has 2 amide bonds. The Balaban J connectivity index is 1.52. The van der Waals surface area contributed by atoms with Crippen LogP contribution < -0.4 is 5.32 Å². The van der Waals surface area contributed by atoms with E-state index >= 15 is 0 Å². The largest absolute Gasteiger partial charge is 0.322 e. The first-order valence-corrected chi connectivity index (χ1v) is 9.45. The number of pyridine rings is 1. The highest BCUT2D eigenvalue weighted by atomic mass is 35.5. The molecule has 3 heterocycles. The Morgan fingerprint density at radius 2 is 1.96 bits per heavy atom. The van der Waals surface area contributed by atoms with Crippen molar-refractivity contribution >= 4 is 34.8 Å². The van der Waals surface area contributed by atoms with Crippen molar-refractivity contribution in [1.29, 1.82) is 0 Å². The van der Waals surface area contributed by atoms with E-state index in [-0.39, 0.29) is 6.03 Å². The van der Waals surface area contributed by atoms with Gasteiger partial charge in [-0.25, -0.2) is 14.8 Å². The van der Waals surface area contributed by atoms with E-state index in [4.69, 9.17) is 11.6 Å². The minimum atomic E-state index is -0.0784. The van der Waals surface area contributed by atoms with Crippen LogP contribution in [0.4, 0.5) is 16.3 Å². The number of hydrogen-bond acceptors (Lipinski definition) is 4. The number of urea groups is 1. The van der Waals surface area contributed by atoms with Crippen molar-refractivity contribution < 1.29 is 4.79 Å². The molecule has 2 aliphatic rings. The molecule has 1 N–H and O–H groups in total. The summed E-state index contributed by atoms with van der Waals surface area (Å²) in [5.41, 5.74) is 4.66. The van der Waals surface area contributed by atoms with E-state index in [1.807, 2.05) is 30.2 Å². The highest BCUT2D eigenvalue weighted by Crippen LogP contribution is 2.31. The Labute approximate surface area is 163 Å². The molecule has 1 fully saturated rings. The average Bonchev–Trinajstić information content (AvgIpc) is 3.06. The SMILES string of the molecule is Cc1cnc2c(c1)CC(c1cc(NC(=O)N3CCN(C)CC3)ccc1Cl)=N2. The van der Waals surface area contributed by atoms with Gasteiger partial charge >= 0.3 is 6.03 Å². The number of anilines is 1. The summed E-state index contributed by atoms with van der Waals surface area (Å²) in [5, 5.41) is 3.61. The molecule has 0 bridgehead atoms. The predicted octanol–water partition coefficient (Wildman–Crippen LogP) is 3.50. The summed E-state index contributed by atoms with van der Waals surface area (Å²) < 4.78 is 0. The summed E-state index contributed by atoms with van der Waals surface area (Å²) in [7, 11) is 2.07. The summed E-state index contributed by atoms with van der Waals surface area (Å²) in [5.74, 6) is 0.749. The van der Waals surface area contributed by atoms with Gasteiger partial charge in [-0.15, -0.1) is 0 Å². The first-order valence-electron chi connectivity index (χ1n) is 9.07. The van der Waals surface area contributed by atoms with Crippen LogP contribution in [0.1, 0.15) is 16.7 Å². The monoisotopic (exact) mass is 383 g/mol. The van der Waals surface area contributed by atoms with Crippen LogP contribution in [0.15, 0.2) is 35.5 Å². The molecule has 2 aliphatic heterocycles. The number of aryl methyl sites for hydroxylation is 1. The number of nitrogens with one attached hydrogen (secondary N) is 1. The van der Waals surface area contributed by atoms with E-state index in [1.54, 1.807) is 6.07 Å². The molecular weight excluding hydrogens is 362 g/mol. The van der Waals surface area contributed by atoms with Gasteiger partial charge in [0.2, 0.25) is 0 Å². The van der Waals surface area contributed by atoms with Gasteiger partial charge in [-0.2, -0.15) is 0 Å². The van der Waals surface area contributed by atoms with E-state index in [0.29, 0.717) is 11.4 Å². The fourth-order valence-corrected chi connectivity index (χ4v) is 3.62. The number of piperazine rings is 1. The summed E-state index contributed by atoms with van der Waals surface area (Å²) in [6.07, 6.45) is 2.51. The van der Waals surface area contributed by atoms with Crippen molar-refractivity contribution in [3.63, 3.8) is 0 Å². The van der Waals surface area contributed by atoms with E-state index in [1.165, 1.54) is 0 Å². The van der Waals surface area contributed by atoms with E-state index < -0.39 is 0 Å². The second-order valence-electron chi connectivity index (χ2n) is 7.15. The van der Waals surface area contributed by atoms with Gasteiger partial charge in [0.15, 0.2) is 5.82 Å². The summed E-state index contributed by atoms with van der Waals surface area (Å²) in [6, 6.07) is 7.55. The lowest BCUT2D eigenvalue weighted by Crippen LogP contribution is -2.48. The Morgan fingerprint density at radius 3 is 2.74 bits per heavy atom. The number of nitrogens with zero attached hydrogens (tertiary/aromatic N) is 4. The number of amides is 2. The lowest BCUT2D eigenvalue weighted by atomic mass is 10.0. The molecule has 140 valence electrons. The van der Waals surface area contributed by atoms with Crippen LogP contribution in [0.3, 0.4) is 0 Å². The van der Waals surface area contributed by atoms with Crippen LogP contribution in [0.5, 0.6) is 0 Å². The smallest absolute Gasteiger partial charge is 0.321 e.